The van der Waals surface area contributed by atoms with Gasteiger partial charge in [0.15, 0.2) is 0 Å². The van der Waals surface area contributed by atoms with Crippen LogP contribution in [-0.2, 0) is 16.1 Å². The standard InChI is InChI=1S/C14H23N3O2S/c1-11-16-8-12(20-11)9-17(2)13(18)14(10-19-3)4-6-15-7-5-14/h8,15H,4-7,9-10H2,1-3H3. The smallest absolute Gasteiger partial charge is 0.231 e. The molecule has 6 heteroatoms. The van der Waals surface area contributed by atoms with Crippen LogP contribution in [0.25, 0.3) is 0 Å². The van der Waals surface area contributed by atoms with Gasteiger partial charge in [-0.2, -0.15) is 0 Å². The van der Waals surface area contributed by atoms with Crippen molar-refractivity contribution in [3.63, 3.8) is 0 Å². The van der Waals surface area contributed by atoms with E-state index in [1.807, 2.05) is 25.1 Å². The van der Waals surface area contributed by atoms with Gasteiger partial charge in [-0.15, -0.1) is 11.3 Å². The second kappa shape index (κ2) is 6.65. The number of aromatic nitrogens is 1. The first-order chi connectivity index (χ1) is 9.57. The van der Waals surface area contributed by atoms with Gasteiger partial charge < -0.3 is 15.0 Å². The molecule has 0 aliphatic carbocycles. The molecule has 0 bridgehead atoms. The lowest BCUT2D eigenvalue weighted by atomic mass is 9.78. The number of rotatable bonds is 5. The zero-order valence-corrected chi connectivity index (χ0v) is 13.3. The van der Waals surface area contributed by atoms with Crippen LogP contribution in [0.5, 0.6) is 0 Å². The monoisotopic (exact) mass is 297 g/mol. The molecule has 1 amide bonds. The van der Waals surface area contributed by atoms with Crippen LogP contribution in [0.3, 0.4) is 0 Å². The van der Waals surface area contributed by atoms with Crippen LogP contribution in [0.4, 0.5) is 0 Å². The summed E-state index contributed by atoms with van der Waals surface area (Å²) in [5.74, 6) is 0.187. The third-order valence-electron chi connectivity index (χ3n) is 3.84. The van der Waals surface area contributed by atoms with Crippen LogP contribution < -0.4 is 5.32 Å². The molecule has 5 nitrogen and oxygen atoms in total. The van der Waals surface area contributed by atoms with Crippen LogP contribution in [0.1, 0.15) is 22.7 Å². The summed E-state index contributed by atoms with van der Waals surface area (Å²) in [6, 6.07) is 0. The molecule has 112 valence electrons. The highest BCUT2D eigenvalue weighted by molar-refractivity contribution is 7.11. The molecule has 1 fully saturated rings. The van der Waals surface area contributed by atoms with Crippen LogP contribution in [0.2, 0.25) is 0 Å². The summed E-state index contributed by atoms with van der Waals surface area (Å²) >= 11 is 1.64. The van der Waals surface area contributed by atoms with E-state index in [-0.39, 0.29) is 11.3 Å². The molecular weight excluding hydrogens is 274 g/mol. The van der Waals surface area contributed by atoms with E-state index in [2.05, 4.69) is 10.3 Å². The van der Waals surface area contributed by atoms with Crippen LogP contribution in [0.15, 0.2) is 6.20 Å². The van der Waals surface area contributed by atoms with E-state index in [9.17, 15) is 4.79 Å². The normalized spacial score (nSPS) is 17.9. The van der Waals surface area contributed by atoms with Crippen molar-refractivity contribution < 1.29 is 9.53 Å². The van der Waals surface area contributed by atoms with Gasteiger partial charge in [0.25, 0.3) is 0 Å². The SMILES string of the molecule is COCC1(C(=O)N(C)Cc2cnc(C)s2)CCNCC1. The van der Waals surface area contributed by atoms with E-state index in [4.69, 9.17) is 4.74 Å². The number of amides is 1. The minimum atomic E-state index is -0.367. The Kier molecular flexibility index (Phi) is 5.12. The topological polar surface area (TPSA) is 54.5 Å². The summed E-state index contributed by atoms with van der Waals surface area (Å²) in [6.45, 7) is 4.86. The molecule has 20 heavy (non-hydrogen) atoms. The highest BCUT2D eigenvalue weighted by Crippen LogP contribution is 2.32. The van der Waals surface area contributed by atoms with E-state index in [0.29, 0.717) is 13.2 Å². The first kappa shape index (κ1) is 15.4. The van der Waals surface area contributed by atoms with Gasteiger partial charge in [-0.25, -0.2) is 4.98 Å². The number of methoxy groups -OCH3 is 1. The number of nitrogens with zero attached hydrogens (tertiary/aromatic N) is 2. The predicted molar refractivity (Wildman–Crippen MR) is 79.7 cm³/mol. The molecule has 0 atom stereocenters. The number of ether oxygens (including phenoxy) is 1. The predicted octanol–water partition coefficient (Wildman–Crippen LogP) is 1.43. The van der Waals surface area contributed by atoms with Crippen molar-refractivity contribution in [3.8, 4) is 0 Å². The minimum Gasteiger partial charge on any atom is -0.384 e. The van der Waals surface area contributed by atoms with E-state index in [0.717, 1.165) is 35.8 Å². The van der Waals surface area contributed by atoms with Gasteiger partial charge in [-0.1, -0.05) is 0 Å². The number of hydrogen-bond acceptors (Lipinski definition) is 5. The molecule has 1 aromatic heterocycles. The number of aryl methyl sites for hydroxylation is 1. The molecule has 0 saturated carbocycles. The summed E-state index contributed by atoms with van der Waals surface area (Å²) in [4.78, 5) is 20.0. The zero-order valence-electron chi connectivity index (χ0n) is 12.4. The van der Waals surface area contributed by atoms with Crippen LogP contribution in [0, 0.1) is 12.3 Å². The largest absolute Gasteiger partial charge is 0.384 e. The third-order valence-corrected chi connectivity index (χ3v) is 4.74. The van der Waals surface area contributed by atoms with Gasteiger partial charge in [0, 0.05) is 25.2 Å². The fourth-order valence-corrected chi connectivity index (χ4v) is 3.64. The van der Waals surface area contributed by atoms with E-state index < -0.39 is 0 Å². The molecule has 0 aromatic carbocycles. The quantitative estimate of drug-likeness (QED) is 0.893. The van der Waals surface area contributed by atoms with Crippen molar-refractivity contribution >= 4 is 17.2 Å². The van der Waals surface area contributed by atoms with Crippen LogP contribution in [-0.4, -0.2) is 49.6 Å². The summed E-state index contributed by atoms with van der Waals surface area (Å²) in [5, 5.41) is 4.35. The van der Waals surface area contributed by atoms with E-state index in [1.54, 1.807) is 18.4 Å². The number of nitrogens with one attached hydrogen (secondary N) is 1. The molecule has 1 N–H and O–H groups in total. The Hall–Kier alpha value is -0.980. The molecule has 2 heterocycles. The average Bonchev–Trinajstić information content (AvgIpc) is 2.84. The molecule has 0 radical (unpaired) electrons. The van der Waals surface area contributed by atoms with Gasteiger partial charge in [0.2, 0.25) is 5.91 Å². The van der Waals surface area contributed by atoms with Crippen molar-refractivity contribution in [2.75, 3.05) is 33.9 Å². The fourth-order valence-electron chi connectivity index (χ4n) is 2.79. The van der Waals surface area contributed by atoms with Crippen molar-refractivity contribution in [1.29, 1.82) is 0 Å². The van der Waals surface area contributed by atoms with Crippen LogP contribution >= 0.6 is 11.3 Å². The highest BCUT2D eigenvalue weighted by Gasteiger charge is 2.41. The van der Waals surface area contributed by atoms with Gasteiger partial charge in [-0.05, 0) is 32.9 Å². The Labute approximate surface area is 124 Å². The van der Waals surface area contributed by atoms with Gasteiger partial charge in [-0.3, -0.25) is 4.79 Å². The van der Waals surface area contributed by atoms with Gasteiger partial charge >= 0.3 is 0 Å². The maximum Gasteiger partial charge on any atom is 0.231 e. The number of carbonyl (C=O) groups excluding carboxylic acids is 1. The second-order valence-electron chi connectivity index (χ2n) is 5.47. The minimum absolute atomic E-state index is 0.187. The number of thiazole rings is 1. The highest BCUT2D eigenvalue weighted by atomic mass is 32.1. The van der Waals surface area contributed by atoms with E-state index >= 15 is 0 Å². The Balaban J connectivity index is 2.06. The van der Waals surface area contributed by atoms with E-state index in [1.165, 1.54) is 0 Å². The van der Waals surface area contributed by atoms with Crippen molar-refractivity contribution in [2.45, 2.75) is 26.3 Å². The summed E-state index contributed by atoms with van der Waals surface area (Å²) < 4.78 is 5.33. The van der Waals surface area contributed by atoms with Gasteiger partial charge in [0.05, 0.1) is 23.6 Å². The summed E-state index contributed by atoms with van der Waals surface area (Å²) in [6.07, 6.45) is 3.53. The molecule has 1 aliphatic heterocycles. The third kappa shape index (κ3) is 3.37. The van der Waals surface area contributed by atoms with Crippen molar-refractivity contribution in [2.24, 2.45) is 5.41 Å². The maximum absolute atomic E-state index is 12.8. The first-order valence-electron chi connectivity index (χ1n) is 6.94. The number of carbonyl (C=O) groups is 1. The molecular formula is C14H23N3O2S. The molecule has 0 unspecified atom stereocenters. The van der Waals surface area contributed by atoms with Crippen molar-refractivity contribution in [1.82, 2.24) is 15.2 Å². The Morgan fingerprint density at radius 3 is 2.80 bits per heavy atom. The Morgan fingerprint density at radius 1 is 1.55 bits per heavy atom. The molecule has 1 aliphatic rings. The summed E-state index contributed by atoms with van der Waals surface area (Å²) in [7, 11) is 3.54. The Bertz CT molecular complexity index is 450. The number of hydrogen-bond donors (Lipinski definition) is 1. The maximum atomic E-state index is 12.8. The molecule has 1 saturated heterocycles. The molecule has 2 rings (SSSR count). The number of piperidine rings is 1. The Morgan fingerprint density at radius 2 is 2.25 bits per heavy atom. The lowest BCUT2D eigenvalue weighted by Crippen LogP contribution is -2.50. The fraction of sp³-hybridized carbons (Fsp3) is 0.714. The second-order valence-corrected chi connectivity index (χ2v) is 6.79. The summed E-state index contributed by atoms with van der Waals surface area (Å²) in [5.41, 5.74) is -0.367. The lowest BCUT2D eigenvalue weighted by Gasteiger charge is -2.38. The van der Waals surface area contributed by atoms with Crippen molar-refractivity contribution in [3.05, 3.63) is 16.1 Å². The van der Waals surface area contributed by atoms with Gasteiger partial charge in [0.1, 0.15) is 0 Å². The molecule has 0 spiro atoms. The average molecular weight is 297 g/mol. The lowest BCUT2D eigenvalue weighted by molar-refractivity contribution is -0.146. The zero-order chi connectivity index (χ0) is 14.6. The molecule has 1 aromatic rings. The first-order valence-corrected chi connectivity index (χ1v) is 7.75.